The lowest BCUT2D eigenvalue weighted by atomic mass is 10.3. The van der Waals surface area contributed by atoms with Gasteiger partial charge in [-0.3, -0.25) is 4.99 Å². The van der Waals surface area contributed by atoms with Crippen molar-refractivity contribution in [3.05, 3.63) is 0 Å². The van der Waals surface area contributed by atoms with E-state index in [2.05, 4.69) is 37.6 Å². The van der Waals surface area contributed by atoms with E-state index in [1.807, 2.05) is 0 Å². The van der Waals surface area contributed by atoms with Gasteiger partial charge in [-0.05, 0) is 26.7 Å². The smallest absolute Gasteiger partial charge is 0.191 e. The first-order valence-corrected chi connectivity index (χ1v) is 5.20. The van der Waals surface area contributed by atoms with Gasteiger partial charge in [0.25, 0.3) is 0 Å². The highest BCUT2D eigenvalue weighted by Crippen LogP contribution is 1.99. The maximum Gasteiger partial charge on any atom is 0.191 e. The van der Waals surface area contributed by atoms with Gasteiger partial charge in [0.05, 0.1) is 0 Å². The van der Waals surface area contributed by atoms with Crippen LogP contribution in [0.3, 0.4) is 0 Å². The normalized spacial score (nSPS) is 12.2. The Balaban J connectivity index is 4.18. The topological polar surface area (TPSA) is 41.6 Å². The minimum atomic E-state index is 0.445. The molecule has 2 N–H and O–H groups in total. The number of hydrogen-bond donors (Lipinski definition) is 1. The highest BCUT2D eigenvalue weighted by atomic mass is 15.3. The van der Waals surface area contributed by atoms with E-state index in [1.165, 1.54) is 0 Å². The number of aliphatic imine (C=N–C) groups is 1. The summed E-state index contributed by atoms with van der Waals surface area (Å²) in [6, 6.07) is 0.445. The molecule has 0 amide bonds. The molecule has 0 aliphatic heterocycles. The fraction of sp³-hybridized carbons (Fsp3) is 0.900. The average molecular weight is 185 g/mol. The van der Waals surface area contributed by atoms with Gasteiger partial charge in [-0.15, -0.1) is 0 Å². The van der Waals surface area contributed by atoms with Gasteiger partial charge in [0, 0.05) is 19.1 Å². The SMILES string of the molecule is CCCN=C(N)N(CCC)C(C)C. The molecule has 0 aromatic rings. The highest BCUT2D eigenvalue weighted by molar-refractivity contribution is 5.78. The molecule has 0 radical (unpaired) electrons. The Morgan fingerprint density at radius 1 is 1.31 bits per heavy atom. The van der Waals surface area contributed by atoms with Gasteiger partial charge < -0.3 is 10.6 Å². The standard InChI is InChI=1S/C10H23N3/c1-5-7-12-10(11)13(8-6-2)9(3)4/h9H,5-8H2,1-4H3,(H2,11,12). The molecule has 3 nitrogen and oxygen atoms in total. The number of nitrogens with zero attached hydrogens (tertiary/aromatic N) is 2. The predicted molar refractivity (Wildman–Crippen MR) is 58.9 cm³/mol. The van der Waals surface area contributed by atoms with Crippen LogP contribution in [0.25, 0.3) is 0 Å². The number of guanidine groups is 1. The zero-order valence-electron chi connectivity index (χ0n) is 9.38. The maximum absolute atomic E-state index is 5.87. The first-order chi connectivity index (χ1) is 6.13. The molecule has 0 saturated carbocycles. The Kier molecular flexibility index (Phi) is 6.37. The molecule has 0 aliphatic carbocycles. The van der Waals surface area contributed by atoms with Crippen LogP contribution >= 0.6 is 0 Å². The van der Waals surface area contributed by atoms with Crippen molar-refractivity contribution >= 4 is 5.96 Å². The van der Waals surface area contributed by atoms with Crippen LogP contribution in [0.5, 0.6) is 0 Å². The van der Waals surface area contributed by atoms with Gasteiger partial charge >= 0.3 is 0 Å². The van der Waals surface area contributed by atoms with E-state index in [0.29, 0.717) is 12.0 Å². The van der Waals surface area contributed by atoms with Crippen molar-refractivity contribution in [2.24, 2.45) is 10.7 Å². The Hall–Kier alpha value is -0.730. The third-order valence-corrected chi connectivity index (χ3v) is 1.88. The van der Waals surface area contributed by atoms with Gasteiger partial charge in [-0.25, -0.2) is 0 Å². The van der Waals surface area contributed by atoms with Crippen molar-refractivity contribution in [3.63, 3.8) is 0 Å². The quantitative estimate of drug-likeness (QED) is 0.524. The van der Waals surface area contributed by atoms with E-state index in [1.54, 1.807) is 0 Å². The van der Waals surface area contributed by atoms with Gasteiger partial charge in [0.15, 0.2) is 5.96 Å². The Morgan fingerprint density at radius 3 is 2.31 bits per heavy atom. The molecule has 0 unspecified atom stereocenters. The second kappa shape index (κ2) is 6.75. The van der Waals surface area contributed by atoms with Crippen molar-refractivity contribution in [2.75, 3.05) is 13.1 Å². The van der Waals surface area contributed by atoms with Gasteiger partial charge in [-0.2, -0.15) is 0 Å². The summed E-state index contributed by atoms with van der Waals surface area (Å²) < 4.78 is 0. The lowest BCUT2D eigenvalue weighted by molar-refractivity contribution is 0.345. The van der Waals surface area contributed by atoms with Crippen molar-refractivity contribution in [1.82, 2.24) is 4.90 Å². The van der Waals surface area contributed by atoms with Gasteiger partial charge in [-0.1, -0.05) is 13.8 Å². The lowest BCUT2D eigenvalue weighted by Crippen LogP contribution is -2.42. The van der Waals surface area contributed by atoms with Crippen LogP contribution in [-0.2, 0) is 0 Å². The molecule has 0 aromatic carbocycles. The van der Waals surface area contributed by atoms with Crippen LogP contribution in [0.1, 0.15) is 40.5 Å². The summed E-state index contributed by atoms with van der Waals surface area (Å²) in [5.74, 6) is 0.693. The van der Waals surface area contributed by atoms with E-state index < -0.39 is 0 Å². The predicted octanol–water partition coefficient (Wildman–Crippen LogP) is 1.83. The van der Waals surface area contributed by atoms with Crippen molar-refractivity contribution in [2.45, 2.75) is 46.6 Å². The third-order valence-electron chi connectivity index (χ3n) is 1.88. The van der Waals surface area contributed by atoms with Crippen molar-refractivity contribution in [1.29, 1.82) is 0 Å². The summed E-state index contributed by atoms with van der Waals surface area (Å²) in [6.45, 7) is 10.4. The summed E-state index contributed by atoms with van der Waals surface area (Å²) >= 11 is 0. The van der Waals surface area contributed by atoms with Crippen molar-refractivity contribution < 1.29 is 0 Å². The Labute approximate surface area is 82.0 Å². The van der Waals surface area contributed by atoms with Crippen LogP contribution in [0.15, 0.2) is 4.99 Å². The molecule has 0 aromatic heterocycles. The molecule has 3 heteroatoms. The molecule has 0 bridgehead atoms. The summed E-state index contributed by atoms with van der Waals surface area (Å²) in [5.41, 5.74) is 5.87. The summed E-state index contributed by atoms with van der Waals surface area (Å²) in [4.78, 5) is 6.45. The highest BCUT2D eigenvalue weighted by Gasteiger charge is 2.09. The molecule has 0 atom stereocenters. The molecule has 0 rings (SSSR count). The zero-order valence-corrected chi connectivity index (χ0v) is 9.38. The Bertz CT molecular complexity index is 152. The molecular formula is C10H23N3. The second-order valence-corrected chi connectivity index (χ2v) is 3.53. The first-order valence-electron chi connectivity index (χ1n) is 5.20. The lowest BCUT2D eigenvalue weighted by Gasteiger charge is -2.27. The van der Waals surface area contributed by atoms with Crippen LogP contribution < -0.4 is 5.73 Å². The monoisotopic (exact) mass is 185 g/mol. The molecule has 0 saturated heterocycles. The van der Waals surface area contributed by atoms with Gasteiger partial charge in [0.1, 0.15) is 0 Å². The molecule has 0 fully saturated rings. The molecule has 0 spiro atoms. The van der Waals surface area contributed by atoms with E-state index in [0.717, 1.165) is 25.9 Å². The first kappa shape index (κ1) is 12.3. The van der Waals surface area contributed by atoms with Crippen molar-refractivity contribution in [3.8, 4) is 0 Å². The molecule has 13 heavy (non-hydrogen) atoms. The van der Waals surface area contributed by atoms with Gasteiger partial charge in [0.2, 0.25) is 0 Å². The van der Waals surface area contributed by atoms with Crippen LogP contribution in [0, 0.1) is 0 Å². The summed E-state index contributed by atoms with van der Waals surface area (Å²) in [5, 5.41) is 0. The number of nitrogens with two attached hydrogens (primary N) is 1. The van der Waals surface area contributed by atoms with E-state index in [-0.39, 0.29) is 0 Å². The second-order valence-electron chi connectivity index (χ2n) is 3.53. The maximum atomic E-state index is 5.87. The third kappa shape index (κ3) is 4.76. The van der Waals surface area contributed by atoms with Crippen LogP contribution in [0.4, 0.5) is 0 Å². The largest absolute Gasteiger partial charge is 0.370 e. The summed E-state index contributed by atoms with van der Waals surface area (Å²) in [6.07, 6.45) is 2.17. The van der Waals surface area contributed by atoms with Crippen LogP contribution in [0.2, 0.25) is 0 Å². The molecule has 0 aliphatic rings. The molecule has 0 heterocycles. The Morgan fingerprint density at radius 2 is 1.92 bits per heavy atom. The minimum Gasteiger partial charge on any atom is -0.370 e. The van der Waals surface area contributed by atoms with Crippen LogP contribution in [-0.4, -0.2) is 30.0 Å². The average Bonchev–Trinajstić information content (AvgIpc) is 2.09. The molecule has 78 valence electrons. The van der Waals surface area contributed by atoms with E-state index in [4.69, 9.17) is 5.73 Å². The number of rotatable bonds is 5. The molecular weight excluding hydrogens is 162 g/mol. The van der Waals surface area contributed by atoms with E-state index >= 15 is 0 Å². The summed E-state index contributed by atoms with van der Waals surface area (Å²) in [7, 11) is 0. The number of hydrogen-bond acceptors (Lipinski definition) is 1. The fourth-order valence-electron chi connectivity index (χ4n) is 1.20. The minimum absolute atomic E-state index is 0.445. The zero-order chi connectivity index (χ0) is 10.3. The van der Waals surface area contributed by atoms with E-state index in [9.17, 15) is 0 Å². The fourth-order valence-corrected chi connectivity index (χ4v) is 1.20.